The van der Waals surface area contributed by atoms with E-state index in [4.69, 9.17) is 4.74 Å². The Morgan fingerprint density at radius 1 is 0.935 bits per heavy atom. The van der Waals surface area contributed by atoms with Crippen molar-refractivity contribution in [1.82, 2.24) is 20.2 Å². The maximum Gasteiger partial charge on any atom is 0.410 e. The molecule has 31 heavy (non-hydrogen) atoms. The molecule has 2 saturated heterocycles. The second kappa shape index (κ2) is 7.91. The number of hydrazine groups is 1. The van der Waals surface area contributed by atoms with Gasteiger partial charge in [-0.2, -0.15) is 0 Å². The summed E-state index contributed by atoms with van der Waals surface area (Å²) in [5, 5.41) is 2.46. The maximum absolute atomic E-state index is 13.2. The summed E-state index contributed by atoms with van der Waals surface area (Å²) in [5.74, 6) is 2.42. The van der Waals surface area contributed by atoms with Crippen molar-refractivity contribution in [2.45, 2.75) is 88.9 Å². The van der Waals surface area contributed by atoms with Gasteiger partial charge in [-0.1, -0.05) is 0 Å². The van der Waals surface area contributed by atoms with Gasteiger partial charge in [-0.15, -0.1) is 0 Å². The smallest absolute Gasteiger partial charge is 0.410 e. The molecule has 4 saturated carbocycles. The molecule has 7 nitrogen and oxygen atoms in total. The number of carbonyl (C=O) groups excluding carboxylic acids is 2. The van der Waals surface area contributed by atoms with Gasteiger partial charge >= 0.3 is 6.09 Å². The molecule has 1 N–H and O–H groups in total. The first-order valence-corrected chi connectivity index (χ1v) is 12.8. The number of hydrogen-bond donors (Lipinski definition) is 1. The van der Waals surface area contributed by atoms with Crippen LogP contribution in [0.15, 0.2) is 0 Å². The third kappa shape index (κ3) is 4.08. The van der Waals surface area contributed by atoms with Crippen molar-refractivity contribution in [3.63, 3.8) is 0 Å². The first kappa shape index (κ1) is 20.3. The fourth-order valence-corrected chi connectivity index (χ4v) is 6.37. The fraction of sp³-hybridized carbons (Fsp3) is 0.917. The normalized spacial score (nSPS) is 38.8. The predicted octanol–water partition coefficient (Wildman–Crippen LogP) is 2.61. The van der Waals surface area contributed by atoms with Gasteiger partial charge in [0, 0.05) is 37.6 Å². The van der Waals surface area contributed by atoms with Gasteiger partial charge < -0.3 is 14.5 Å². The standard InChI is InChI=1S/C24H38N4O3/c1-15-12-26(24(30)31-14-16-2-3-16)22-10-18(19-11-25-27(13-19)20-7-8-20)6-9-21(22)28(15)23(29)17-4-5-17/h15-22,25H,2-14H2,1H3/t15-,18?,19?,21?,22?/m0/s1. The third-order valence-corrected chi connectivity index (χ3v) is 8.71. The van der Waals surface area contributed by atoms with E-state index in [0.29, 0.717) is 36.8 Å². The number of fused-ring (bicyclic) bond motifs is 1. The second-order valence-electron chi connectivity index (χ2n) is 11.3. The minimum atomic E-state index is -0.142. The molecular weight excluding hydrogens is 392 g/mol. The Kier molecular flexibility index (Phi) is 5.17. The molecule has 2 heterocycles. The van der Waals surface area contributed by atoms with E-state index in [-0.39, 0.29) is 30.1 Å². The number of amides is 2. The first-order valence-electron chi connectivity index (χ1n) is 12.8. The molecule has 6 aliphatic rings. The molecule has 0 spiro atoms. The number of rotatable bonds is 5. The molecule has 2 aliphatic heterocycles. The molecule has 0 bridgehead atoms. The van der Waals surface area contributed by atoms with E-state index < -0.39 is 0 Å². The lowest BCUT2D eigenvalue weighted by Gasteiger charge is -2.54. The van der Waals surface area contributed by atoms with E-state index >= 15 is 0 Å². The Morgan fingerprint density at radius 2 is 1.74 bits per heavy atom. The van der Waals surface area contributed by atoms with Gasteiger partial charge in [0.15, 0.2) is 0 Å². The van der Waals surface area contributed by atoms with Crippen molar-refractivity contribution < 1.29 is 14.3 Å². The number of carbonyl (C=O) groups is 2. The monoisotopic (exact) mass is 430 g/mol. The zero-order valence-corrected chi connectivity index (χ0v) is 18.9. The maximum atomic E-state index is 13.2. The molecule has 4 aliphatic carbocycles. The summed E-state index contributed by atoms with van der Waals surface area (Å²) in [6, 6.07) is 1.10. The van der Waals surface area contributed by atoms with Gasteiger partial charge in [0.1, 0.15) is 0 Å². The van der Waals surface area contributed by atoms with Crippen LogP contribution in [-0.2, 0) is 9.53 Å². The summed E-state index contributed by atoms with van der Waals surface area (Å²) in [7, 11) is 0. The zero-order valence-electron chi connectivity index (χ0n) is 18.9. The van der Waals surface area contributed by atoms with E-state index in [9.17, 15) is 9.59 Å². The zero-order chi connectivity index (χ0) is 21.1. The number of nitrogens with one attached hydrogen (secondary N) is 1. The van der Waals surface area contributed by atoms with Crippen molar-refractivity contribution in [2.24, 2.45) is 23.7 Å². The molecule has 2 amide bonds. The Bertz CT molecular complexity index is 720. The van der Waals surface area contributed by atoms with Crippen LogP contribution in [0.25, 0.3) is 0 Å². The van der Waals surface area contributed by atoms with Crippen LogP contribution in [0.1, 0.15) is 64.7 Å². The molecule has 172 valence electrons. The molecule has 0 aromatic heterocycles. The summed E-state index contributed by atoms with van der Waals surface area (Å²) in [6.07, 6.45) is 10.2. The topological polar surface area (TPSA) is 65.1 Å². The summed E-state index contributed by atoms with van der Waals surface area (Å²) >= 11 is 0. The molecule has 0 aromatic carbocycles. The van der Waals surface area contributed by atoms with E-state index in [1.807, 2.05) is 4.90 Å². The van der Waals surface area contributed by atoms with E-state index in [0.717, 1.165) is 51.2 Å². The highest BCUT2D eigenvalue weighted by Crippen LogP contribution is 2.43. The molecule has 6 fully saturated rings. The van der Waals surface area contributed by atoms with Crippen molar-refractivity contribution in [3.05, 3.63) is 0 Å². The Morgan fingerprint density at radius 3 is 2.45 bits per heavy atom. The summed E-state index contributed by atoms with van der Waals surface area (Å²) < 4.78 is 5.74. The SMILES string of the molecule is C[C@H]1CN(C(=O)OCC2CC2)C2CC(C3CNN(C4CC4)C3)CCC2N1C(=O)C1CC1. The van der Waals surface area contributed by atoms with Gasteiger partial charge in [0.2, 0.25) is 5.91 Å². The summed E-state index contributed by atoms with van der Waals surface area (Å²) in [4.78, 5) is 30.5. The highest BCUT2D eigenvalue weighted by Gasteiger charge is 2.51. The predicted molar refractivity (Wildman–Crippen MR) is 116 cm³/mol. The van der Waals surface area contributed by atoms with Crippen LogP contribution in [0.4, 0.5) is 4.79 Å². The lowest BCUT2D eigenvalue weighted by Crippen LogP contribution is -2.67. The van der Waals surface area contributed by atoms with Crippen LogP contribution in [0.5, 0.6) is 0 Å². The van der Waals surface area contributed by atoms with Gasteiger partial charge in [0.25, 0.3) is 0 Å². The van der Waals surface area contributed by atoms with Crippen LogP contribution < -0.4 is 5.43 Å². The van der Waals surface area contributed by atoms with Gasteiger partial charge in [-0.3, -0.25) is 10.2 Å². The highest BCUT2D eigenvalue weighted by atomic mass is 16.6. The van der Waals surface area contributed by atoms with Crippen LogP contribution in [0.2, 0.25) is 0 Å². The number of piperazine rings is 1. The van der Waals surface area contributed by atoms with E-state index in [1.54, 1.807) is 0 Å². The lowest BCUT2D eigenvalue weighted by molar-refractivity contribution is -0.146. The van der Waals surface area contributed by atoms with Crippen LogP contribution in [-0.4, -0.2) is 77.2 Å². The van der Waals surface area contributed by atoms with Crippen LogP contribution >= 0.6 is 0 Å². The van der Waals surface area contributed by atoms with E-state index in [1.165, 1.54) is 25.7 Å². The molecule has 0 aromatic rings. The summed E-state index contributed by atoms with van der Waals surface area (Å²) in [5.41, 5.74) is 3.63. The van der Waals surface area contributed by atoms with Crippen molar-refractivity contribution >= 4 is 12.0 Å². The first-order chi connectivity index (χ1) is 15.1. The molecular formula is C24H38N4O3. The largest absolute Gasteiger partial charge is 0.449 e. The molecule has 4 unspecified atom stereocenters. The van der Waals surface area contributed by atoms with Crippen molar-refractivity contribution in [1.29, 1.82) is 0 Å². The van der Waals surface area contributed by atoms with Crippen LogP contribution in [0, 0.1) is 23.7 Å². The Hall–Kier alpha value is -1.34. The van der Waals surface area contributed by atoms with Crippen molar-refractivity contribution in [2.75, 3.05) is 26.2 Å². The third-order valence-electron chi connectivity index (χ3n) is 8.71. The Balaban J connectivity index is 1.18. The van der Waals surface area contributed by atoms with Gasteiger partial charge in [0.05, 0.1) is 18.7 Å². The quantitative estimate of drug-likeness (QED) is 0.726. The average Bonchev–Trinajstić information content (AvgIpc) is 3.63. The fourth-order valence-electron chi connectivity index (χ4n) is 6.37. The number of hydrogen-bond acceptors (Lipinski definition) is 5. The summed E-state index contributed by atoms with van der Waals surface area (Å²) in [6.45, 7) is 5.51. The van der Waals surface area contributed by atoms with Crippen LogP contribution in [0.3, 0.4) is 0 Å². The minimum absolute atomic E-state index is 0.0814. The molecule has 7 heteroatoms. The molecule has 6 rings (SSSR count). The lowest BCUT2D eigenvalue weighted by atomic mass is 9.73. The van der Waals surface area contributed by atoms with Gasteiger partial charge in [-0.05, 0) is 82.5 Å². The number of ether oxygens (including phenoxy) is 1. The second-order valence-corrected chi connectivity index (χ2v) is 11.3. The minimum Gasteiger partial charge on any atom is -0.449 e. The highest BCUT2D eigenvalue weighted by molar-refractivity contribution is 5.82. The molecule has 5 atom stereocenters. The van der Waals surface area contributed by atoms with E-state index in [2.05, 4.69) is 22.3 Å². The van der Waals surface area contributed by atoms with Crippen molar-refractivity contribution in [3.8, 4) is 0 Å². The molecule has 0 radical (unpaired) electrons. The average molecular weight is 431 g/mol. The Labute approximate surface area is 185 Å². The van der Waals surface area contributed by atoms with Gasteiger partial charge in [-0.25, -0.2) is 9.80 Å². The number of nitrogens with zero attached hydrogens (tertiary/aromatic N) is 3.